The lowest BCUT2D eigenvalue weighted by Crippen LogP contribution is -2.27. The highest BCUT2D eigenvalue weighted by Gasteiger charge is 2.21. The summed E-state index contributed by atoms with van der Waals surface area (Å²) in [4.78, 5) is 18.9. The van der Waals surface area contributed by atoms with Crippen molar-refractivity contribution in [2.75, 3.05) is 11.4 Å². The number of pyridine rings is 1. The molecule has 0 radical (unpaired) electrons. The minimum absolute atomic E-state index is 0.156. The third-order valence-corrected chi connectivity index (χ3v) is 4.39. The van der Waals surface area contributed by atoms with Gasteiger partial charge in [0.25, 0.3) is 5.91 Å². The molecule has 0 aromatic carbocycles. The fourth-order valence-electron chi connectivity index (χ4n) is 3.05. The van der Waals surface area contributed by atoms with Crippen molar-refractivity contribution in [2.45, 2.75) is 52.1 Å². The highest BCUT2D eigenvalue weighted by atomic mass is 16.5. The Morgan fingerprint density at radius 1 is 1.46 bits per heavy atom. The fraction of sp³-hybridized carbons (Fsp3) is 0.500. The van der Waals surface area contributed by atoms with E-state index in [2.05, 4.69) is 34.2 Å². The smallest absolute Gasteiger partial charge is 0.253 e. The van der Waals surface area contributed by atoms with E-state index in [9.17, 15) is 4.79 Å². The number of rotatable bonds is 6. The lowest BCUT2D eigenvalue weighted by atomic mass is 10.2. The molecule has 1 fully saturated rings. The zero-order chi connectivity index (χ0) is 16.9. The lowest BCUT2D eigenvalue weighted by Gasteiger charge is -2.22. The number of amides is 1. The summed E-state index contributed by atoms with van der Waals surface area (Å²) in [5, 5.41) is 6.82. The van der Waals surface area contributed by atoms with E-state index in [1.54, 1.807) is 6.20 Å². The zero-order valence-corrected chi connectivity index (χ0v) is 14.3. The fourth-order valence-corrected chi connectivity index (χ4v) is 3.05. The largest absolute Gasteiger partial charge is 0.359 e. The third-order valence-electron chi connectivity index (χ3n) is 4.39. The Morgan fingerprint density at radius 2 is 2.33 bits per heavy atom. The van der Waals surface area contributed by atoms with Gasteiger partial charge < -0.3 is 14.7 Å². The summed E-state index contributed by atoms with van der Waals surface area (Å²) in [5.74, 6) is 1.45. The van der Waals surface area contributed by atoms with E-state index in [1.165, 1.54) is 12.8 Å². The Hall–Kier alpha value is -2.37. The summed E-state index contributed by atoms with van der Waals surface area (Å²) < 4.78 is 5.21. The number of anilines is 1. The predicted molar refractivity (Wildman–Crippen MR) is 91.9 cm³/mol. The van der Waals surface area contributed by atoms with Gasteiger partial charge in [-0.25, -0.2) is 4.98 Å². The van der Waals surface area contributed by atoms with Crippen molar-refractivity contribution in [1.82, 2.24) is 15.5 Å². The van der Waals surface area contributed by atoms with Gasteiger partial charge in [0.2, 0.25) is 0 Å². The van der Waals surface area contributed by atoms with E-state index in [0.29, 0.717) is 23.9 Å². The van der Waals surface area contributed by atoms with Crippen LogP contribution in [0.3, 0.4) is 0 Å². The monoisotopic (exact) mass is 328 g/mol. The first kappa shape index (κ1) is 16.5. The van der Waals surface area contributed by atoms with Gasteiger partial charge >= 0.3 is 0 Å². The summed E-state index contributed by atoms with van der Waals surface area (Å²) in [6, 6.07) is 6.15. The van der Waals surface area contributed by atoms with Crippen molar-refractivity contribution < 1.29 is 9.32 Å². The summed E-state index contributed by atoms with van der Waals surface area (Å²) >= 11 is 0. The van der Waals surface area contributed by atoms with Gasteiger partial charge in [0.05, 0.1) is 17.8 Å². The average molecular weight is 328 g/mol. The topological polar surface area (TPSA) is 71.3 Å². The second-order valence-electron chi connectivity index (χ2n) is 6.31. The van der Waals surface area contributed by atoms with Gasteiger partial charge in [0, 0.05) is 24.8 Å². The van der Waals surface area contributed by atoms with Crippen molar-refractivity contribution >= 4 is 11.7 Å². The molecule has 1 N–H and O–H groups in total. The normalized spacial score (nSPS) is 17.2. The maximum atomic E-state index is 12.2. The standard InChI is InChI=1S/C18H24N4O2/c1-3-5-15-10-16(24-21-15)12-20-18(23)14-7-8-17(19-11-14)22-9-4-6-13(22)2/h7-8,10-11,13H,3-6,9,12H2,1-2H3,(H,20,23). The Morgan fingerprint density at radius 3 is 3.00 bits per heavy atom. The van der Waals surface area contributed by atoms with E-state index in [0.717, 1.165) is 30.9 Å². The Kier molecular flexibility index (Phi) is 5.13. The number of carbonyl (C=O) groups excluding carboxylic acids is 1. The van der Waals surface area contributed by atoms with Crippen LogP contribution in [-0.4, -0.2) is 28.6 Å². The number of nitrogens with zero attached hydrogens (tertiary/aromatic N) is 3. The van der Waals surface area contributed by atoms with E-state index in [1.807, 2.05) is 18.2 Å². The number of nitrogens with one attached hydrogen (secondary N) is 1. The summed E-state index contributed by atoms with van der Waals surface area (Å²) in [6.45, 7) is 5.67. The quantitative estimate of drug-likeness (QED) is 0.883. The van der Waals surface area contributed by atoms with Gasteiger partial charge in [-0.05, 0) is 38.3 Å². The molecule has 3 rings (SSSR count). The molecular weight excluding hydrogens is 304 g/mol. The minimum atomic E-state index is -0.156. The van der Waals surface area contributed by atoms with E-state index < -0.39 is 0 Å². The van der Waals surface area contributed by atoms with Gasteiger partial charge in [-0.15, -0.1) is 0 Å². The first-order chi connectivity index (χ1) is 11.7. The molecule has 0 aliphatic carbocycles. The minimum Gasteiger partial charge on any atom is -0.359 e. The number of hydrogen-bond donors (Lipinski definition) is 1. The molecule has 0 bridgehead atoms. The molecule has 6 nitrogen and oxygen atoms in total. The summed E-state index contributed by atoms with van der Waals surface area (Å²) in [7, 11) is 0. The average Bonchev–Trinajstić information content (AvgIpc) is 3.22. The molecule has 1 amide bonds. The van der Waals surface area contributed by atoms with Crippen molar-refractivity contribution in [3.05, 3.63) is 41.4 Å². The SMILES string of the molecule is CCCc1cc(CNC(=O)c2ccc(N3CCCC3C)nc2)on1. The molecule has 0 saturated carbocycles. The summed E-state index contributed by atoms with van der Waals surface area (Å²) in [6.07, 6.45) is 5.94. The van der Waals surface area contributed by atoms with Gasteiger partial charge in [-0.3, -0.25) is 4.79 Å². The van der Waals surface area contributed by atoms with Crippen LogP contribution in [0.15, 0.2) is 28.9 Å². The van der Waals surface area contributed by atoms with Crippen molar-refractivity contribution in [3.8, 4) is 0 Å². The second kappa shape index (κ2) is 7.47. The zero-order valence-electron chi connectivity index (χ0n) is 14.3. The molecule has 6 heteroatoms. The number of aryl methyl sites for hydroxylation is 1. The number of carbonyl (C=O) groups is 1. The Labute approximate surface area is 142 Å². The van der Waals surface area contributed by atoms with Gasteiger partial charge in [-0.2, -0.15) is 0 Å². The molecular formula is C18H24N4O2. The van der Waals surface area contributed by atoms with Crippen LogP contribution in [0.1, 0.15) is 54.9 Å². The molecule has 1 aliphatic rings. The Bertz CT molecular complexity index is 681. The molecule has 1 unspecified atom stereocenters. The number of aromatic nitrogens is 2. The number of hydrogen-bond acceptors (Lipinski definition) is 5. The highest BCUT2D eigenvalue weighted by molar-refractivity contribution is 5.93. The first-order valence-electron chi connectivity index (χ1n) is 8.62. The van der Waals surface area contributed by atoms with Gasteiger partial charge in [0.1, 0.15) is 5.82 Å². The first-order valence-corrected chi connectivity index (χ1v) is 8.62. The molecule has 1 aliphatic heterocycles. The Balaban J connectivity index is 1.56. The molecule has 0 spiro atoms. The summed E-state index contributed by atoms with van der Waals surface area (Å²) in [5.41, 5.74) is 1.48. The van der Waals surface area contributed by atoms with Crippen molar-refractivity contribution in [1.29, 1.82) is 0 Å². The maximum absolute atomic E-state index is 12.2. The molecule has 1 saturated heterocycles. The highest BCUT2D eigenvalue weighted by Crippen LogP contribution is 2.23. The second-order valence-corrected chi connectivity index (χ2v) is 6.31. The van der Waals surface area contributed by atoms with Crippen molar-refractivity contribution in [2.24, 2.45) is 0 Å². The molecule has 2 aromatic rings. The van der Waals surface area contributed by atoms with Crippen LogP contribution in [0.25, 0.3) is 0 Å². The lowest BCUT2D eigenvalue weighted by molar-refractivity contribution is 0.0946. The molecule has 2 aromatic heterocycles. The van der Waals surface area contributed by atoms with Gasteiger partial charge in [-0.1, -0.05) is 18.5 Å². The van der Waals surface area contributed by atoms with Crippen LogP contribution in [0.4, 0.5) is 5.82 Å². The molecule has 1 atom stereocenters. The predicted octanol–water partition coefficient (Wildman–Crippen LogP) is 2.94. The maximum Gasteiger partial charge on any atom is 0.253 e. The molecule has 128 valence electrons. The van der Waals surface area contributed by atoms with Gasteiger partial charge in [0.15, 0.2) is 5.76 Å². The van der Waals surface area contributed by atoms with Crippen LogP contribution in [0.5, 0.6) is 0 Å². The van der Waals surface area contributed by atoms with Crippen LogP contribution >= 0.6 is 0 Å². The van der Waals surface area contributed by atoms with Crippen LogP contribution < -0.4 is 10.2 Å². The van der Waals surface area contributed by atoms with E-state index >= 15 is 0 Å². The van der Waals surface area contributed by atoms with E-state index in [4.69, 9.17) is 4.52 Å². The van der Waals surface area contributed by atoms with E-state index in [-0.39, 0.29) is 5.91 Å². The van der Waals surface area contributed by atoms with Crippen LogP contribution in [0, 0.1) is 0 Å². The van der Waals surface area contributed by atoms with Crippen LogP contribution in [-0.2, 0) is 13.0 Å². The van der Waals surface area contributed by atoms with Crippen LogP contribution in [0.2, 0.25) is 0 Å². The van der Waals surface area contributed by atoms with Crippen molar-refractivity contribution in [3.63, 3.8) is 0 Å². The molecule has 24 heavy (non-hydrogen) atoms. The molecule has 3 heterocycles. The third kappa shape index (κ3) is 3.75.